The van der Waals surface area contributed by atoms with E-state index in [1.54, 1.807) is 0 Å². The number of aromatic amines is 1. The fourth-order valence-electron chi connectivity index (χ4n) is 2.50. The molecular formula is C15H9ClN2. The first-order valence-corrected chi connectivity index (χ1v) is 6.15. The lowest BCUT2D eigenvalue weighted by Gasteiger charge is -1.99. The van der Waals surface area contributed by atoms with Gasteiger partial charge in [0.05, 0.1) is 17.2 Å². The molecule has 86 valence electrons. The van der Waals surface area contributed by atoms with E-state index in [1.807, 2.05) is 42.6 Å². The number of nitrogens with zero attached hydrogens (tertiary/aromatic N) is 1. The molecule has 0 radical (unpaired) electrons. The third-order valence-electron chi connectivity index (χ3n) is 3.30. The highest BCUT2D eigenvalue weighted by molar-refractivity contribution is 6.32. The molecular weight excluding hydrogens is 244 g/mol. The number of pyridine rings is 1. The fraction of sp³-hybridized carbons (Fsp3) is 0. The minimum atomic E-state index is 0.754. The van der Waals surface area contributed by atoms with Crippen LogP contribution in [0, 0.1) is 0 Å². The monoisotopic (exact) mass is 252 g/mol. The van der Waals surface area contributed by atoms with Crippen LogP contribution in [0.3, 0.4) is 0 Å². The Morgan fingerprint density at radius 2 is 1.83 bits per heavy atom. The highest BCUT2D eigenvalue weighted by atomic mass is 35.5. The lowest BCUT2D eigenvalue weighted by atomic mass is 10.1. The zero-order valence-electron chi connectivity index (χ0n) is 9.44. The third-order valence-corrected chi connectivity index (χ3v) is 3.53. The van der Waals surface area contributed by atoms with Crippen molar-refractivity contribution in [1.29, 1.82) is 0 Å². The molecule has 0 fully saturated rings. The van der Waals surface area contributed by atoms with Gasteiger partial charge in [-0.1, -0.05) is 29.8 Å². The van der Waals surface area contributed by atoms with E-state index in [-0.39, 0.29) is 0 Å². The minimum Gasteiger partial charge on any atom is -0.353 e. The molecule has 0 amide bonds. The molecule has 2 nitrogen and oxygen atoms in total. The fourth-order valence-corrected chi connectivity index (χ4v) is 2.68. The van der Waals surface area contributed by atoms with Crippen molar-refractivity contribution in [1.82, 2.24) is 9.97 Å². The topological polar surface area (TPSA) is 28.7 Å². The number of nitrogens with one attached hydrogen (secondary N) is 1. The number of halogens is 1. The zero-order chi connectivity index (χ0) is 12.1. The third kappa shape index (κ3) is 1.27. The van der Waals surface area contributed by atoms with Gasteiger partial charge >= 0.3 is 0 Å². The van der Waals surface area contributed by atoms with Gasteiger partial charge in [-0.2, -0.15) is 0 Å². The van der Waals surface area contributed by atoms with Gasteiger partial charge in [-0.25, -0.2) is 0 Å². The van der Waals surface area contributed by atoms with Crippen LogP contribution in [0.4, 0.5) is 0 Å². The number of H-pyrrole nitrogens is 1. The second-order valence-electron chi connectivity index (χ2n) is 4.38. The summed E-state index contributed by atoms with van der Waals surface area (Å²) in [5.41, 5.74) is 3.14. The summed E-state index contributed by atoms with van der Waals surface area (Å²) in [5, 5.41) is 4.25. The van der Waals surface area contributed by atoms with Gasteiger partial charge in [0.2, 0.25) is 0 Å². The van der Waals surface area contributed by atoms with Crippen molar-refractivity contribution in [3.05, 3.63) is 53.7 Å². The number of fused-ring (bicyclic) bond motifs is 5. The van der Waals surface area contributed by atoms with E-state index in [0.717, 1.165) is 32.3 Å². The second kappa shape index (κ2) is 3.47. The summed E-state index contributed by atoms with van der Waals surface area (Å²) in [7, 11) is 0. The lowest BCUT2D eigenvalue weighted by molar-refractivity contribution is 1.41. The van der Waals surface area contributed by atoms with Crippen molar-refractivity contribution < 1.29 is 0 Å². The van der Waals surface area contributed by atoms with Crippen molar-refractivity contribution in [2.45, 2.75) is 0 Å². The number of aromatic nitrogens is 2. The molecule has 18 heavy (non-hydrogen) atoms. The number of hydrogen-bond acceptors (Lipinski definition) is 1. The summed E-state index contributed by atoms with van der Waals surface area (Å²) in [6, 6.07) is 14.1. The molecule has 3 heteroatoms. The summed E-state index contributed by atoms with van der Waals surface area (Å²) in [5.74, 6) is 0. The summed E-state index contributed by atoms with van der Waals surface area (Å²) in [6.07, 6.45) is 1.88. The Morgan fingerprint density at radius 3 is 2.78 bits per heavy atom. The van der Waals surface area contributed by atoms with Crippen molar-refractivity contribution >= 4 is 44.3 Å². The Kier molecular flexibility index (Phi) is 1.91. The van der Waals surface area contributed by atoms with E-state index in [9.17, 15) is 0 Å². The van der Waals surface area contributed by atoms with Gasteiger partial charge in [0.15, 0.2) is 0 Å². The smallest absolute Gasteiger partial charge is 0.0709 e. The number of para-hydroxylation sites is 1. The first-order valence-electron chi connectivity index (χ1n) is 5.77. The van der Waals surface area contributed by atoms with Gasteiger partial charge in [-0.15, -0.1) is 0 Å². The van der Waals surface area contributed by atoms with E-state index in [1.165, 1.54) is 5.39 Å². The largest absolute Gasteiger partial charge is 0.353 e. The molecule has 2 aromatic carbocycles. The van der Waals surface area contributed by atoms with E-state index in [0.29, 0.717) is 0 Å². The molecule has 0 saturated heterocycles. The highest BCUT2D eigenvalue weighted by Gasteiger charge is 2.08. The molecule has 2 heterocycles. The van der Waals surface area contributed by atoms with Crippen LogP contribution in [-0.4, -0.2) is 9.97 Å². The van der Waals surface area contributed by atoms with Crippen LogP contribution >= 0.6 is 11.6 Å². The van der Waals surface area contributed by atoms with Gasteiger partial charge in [-0.3, -0.25) is 4.98 Å². The average molecular weight is 253 g/mol. The van der Waals surface area contributed by atoms with Crippen LogP contribution < -0.4 is 0 Å². The zero-order valence-corrected chi connectivity index (χ0v) is 10.2. The molecule has 0 atom stereocenters. The van der Waals surface area contributed by atoms with Crippen molar-refractivity contribution in [3.63, 3.8) is 0 Å². The van der Waals surface area contributed by atoms with E-state index in [4.69, 9.17) is 11.6 Å². The molecule has 2 aromatic heterocycles. The maximum absolute atomic E-state index is 6.10. The average Bonchev–Trinajstić information content (AvgIpc) is 2.77. The van der Waals surface area contributed by atoms with Crippen LogP contribution in [0.25, 0.3) is 32.7 Å². The summed E-state index contributed by atoms with van der Waals surface area (Å²) in [4.78, 5) is 7.84. The Bertz CT molecular complexity index is 893. The predicted molar refractivity (Wildman–Crippen MR) is 76.1 cm³/mol. The minimum absolute atomic E-state index is 0.754. The molecule has 0 unspecified atom stereocenters. The van der Waals surface area contributed by atoms with Gasteiger partial charge < -0.3 is 4.98 Å². The predicted octanol–water partition coefficient (Wildman–Crippen LogP) is 4.52. The summed E-state index contributed by atoms with van der Waals surface area (Å²) in [6.45, 7) is 0. The van der Waals surface area contributed by atoms with Crippen LogP contribution in [0.1, 0.15) is 0 Å². The molecule has 0 aliphatic rings. The van der Waals surface area contributed by atoms with Gasteiger partial charge in [0.1, 0.15) is 0 Å². The van der Waals surface area contributed by atoms with Crippen molar-refractivity contribution in [3.8, 4) is 0 Å². The van der Waals surface area contributed by atoms with Crippen LogP contribution in [0.2, 0.25) is 5.02 Å². The number of rotatable bonds is 0. The Hall–Kier alpha value is -2.06. The van der Waals surface area contributed by atoms with Crippen molar-refractivity contribution in [2.24, 2.45) is 0 Å². The first kappa shape index (κ1) is 9.92. The highest BCUT2D eigenvalue weighted by Crippen LogP contribution is 2.32. The molecule has 0 saturated carbocycles. The molecule has 0 bridgehead atoms. The molecule has 4 rings (SSSR count). The van der Waals surface area contributed by atoms with Crippen LogP contribution in [-0.2, 0) is 0 Å². The SMILES string of the molecule is Clc1ccc2[nH]c3cnc4ccccc4c3c2c1. The Morgan fingerprint density at radius 1 is 0.944 bits per heavy atom. The molecule has 0 spiro atoms. The normalized spacial score (nSPS) is 11.6. The standard InChI is InChI=1S/C15H9ClN2/c16-9-5-6-13-11(7-9)15-10-3-1-2-4-12(10)17-8-14(15)18-13/h1-8,18H. The molecule has 0 aliphatic heterocycles. The molecule has 4 aromatic rings. The summed E-state index contributed by atoms with van der Waals surface area (Å²) >= 11 is 6.10. The Balaban J connectivity index is 2.35. The second-order valence-corrected chi connectivity index (χ2v) is 4.82. The van der Waals surface area contributed by atoms with E-state index in [2.05, 4.69) is 16.0 Å². The van der Waals surface area contributed by atoms with Gasteiger partial charge in [0, 0.05) is 26.7 Å². The van der Waals surface area contributed by atoms with E-state index < -0.39 is 0 Å². The summed E-state index contributed by atoms with van der Waals surface area (Å²) < 4.78 is 0. The quantitative estimate of drug-likeness (QED) is 0.490. The Labute approximate surface area is 108 Å². The van der Waals surface area contributed by atoms with Crippen LogP contribution in [0.15, 0.2) is 48.7 Å². The lowest BCUT2D eigenvalue weighted by Crippen LogP contribution is -1.78. The van der Waals surface area contributed by atoms with Crippen molar-refractivity contribution in [2.75, 3.05) is 0 Å². The number of benzene rings is 2. The first-order chi connectivity index (χ1) is 8.83. The van der Waals surface area contributed by atoms with E-state index >= 15 is 0 Å². The van der Waals surface area contributed by atoms with Crippen LogP contribution in [0.5, 0.6) is 0 Å². The molecule has 0 aliphatic carbocycles. The molecule has 1 N–H and O–H groups in total. The maximum Gasteiger partial charge on any atom is 0.0709 e. The maximum atomic E-state index is 6.10. The van der Waals surface area contributed by atoms with Gasteiger partial charge in [0.25, 0.3) is 0 Å². The number of hydrogen-bond donors (Lipinski definition) is 1. The van der Waals surface area contributed by atoms with Gasteiger partial charge in [-0.05, 0) is 24.3 Å².